The molecule has 2 aromatic carbocycles. The molecule has 0 saturated carbocycles. The van der Waals surface area contributed by atoms with Gasteiger partial charge in [-0.1, -0.05) is 12.1 Å². The zero-order valence-electron chi connectivity index (χ0n) is 13.4. The molecule has 2 N–H and O–H groups in total. The first kappa shape index (κ1) is 20.1. The SMILES string of the molecule is COc1ccc(F)cc1S(=O)(=O)NC[C@H](O)c1ccc(C(F)(F)F)cc1. The fraction of sp³-hybridized carbons (Fsp3) is 0.250. The number of alkyl halides is 3. The van der Waals surface area contributed by atoms with E-state index in [-0.39, 0.29) is 11.3 Å². The van der Waals surface area contributed by atoms with Gasteiger partial charge in [-0.15, -0.1) is 0 Å². The first-order valence-electron chi connectivity index (χ1n) is 7.23. The number of halogens is 4. The van der Waals surface area contributed by atoms with Crippen molar-refractivity contribution in [3.63, 3.8) is 0 Å². The summed E-state index contributed by atoms with van der Waals surface area (Å²) in [5, 5.41) is 9.99. The van der Waals surface area contributed by atoms with Gasteiger partial charge in [0.25, 0.3) is 0 Å². The summed E-state index contributed by atoms with van der Waals surface area (Å²) in [5.41, 5.74) is -0.801. The molecule has 1 atom stereocenters. The summed E-state index contributed by atoms with van der Waals surface area (Å²) in [6.45, 7) is -0.520. The van der Waals surface area contributed by atoms with Crippen molar-refractivity contribution < 1.29 is 35.8 Å². The lowest BCUT2D eigenvalue weighted by molar-refractivity contribution is -0.137. The van der Waals surface area contributed by atoms with Crippen molar-refractivity contribution in [1.29, 1.82) is 0 Å². The minimum absolute atomic E-state index is 0.0897. The molecule has 0 bridgehead atoms. The van der Waals surface area contributed by atoms with Crippen LogP contribution in [0.15, 0.2) is 47.4 Å². The van der Waals surface area contributed by atoms with Gasteiger partial charge in [0.2, 0.25) is 10.0 Å². The van der Waals surface area contributed by atoms with Gasteiger partial charge >= 0.3 is 6.18 Å². The zero-order chi connectivity index (χ0) is 19.5. The second kappa shape index (κ2) is 7.60. The maximum absolute atomic E-state index is 13.3. The van der Waals surface area contributed by atoms with Crippen LogP contribution in [0.3, 0.4) is 0 Å². The van der Waals surface area contributed by atoms with E-state index in [4.69, 9.17) is 4.74 Å². The minimum atomic E-state index is -4.51. The monoisotopic (exact) mass is 393 g/mol. The minimum Gasteiger partial charge on any atom is -0.495 e. The Kier molecular flexibility index (Phi) is 5.89. The zero-order valence-corrected chi connectivity index (χ0v) is 14.2. The van der Waals surface area contributed by atoms with Crippen LogP contribution in [0.25, 0.3) is 0 Å². The van der Waals surface area contributed by atoms with Crippen LogP contribution in [0.2, 0.25) is 0 Å². The molecule has 5 nitrogen and oxygen atoms in total. The number of aliphatic hydroxyl groups is 1. The molecule has 0 amide bonds. The van der Waals surface area contributed by atoms with Gasteiger partial charge in [-0.05, 0) is 35.9 Å². The molecular formula is C16H15F4NO4S. The van der Waals surface area contributed by atoms with Gasteiger partial charge in [-0.25, -0.2) is 17.5 Å². The number of nitrogens with one attached hydrogen (secondary N) is 1. The summed E-state index contributed by atoms with van der Waals surface area (Å²) >= 11 is 0. The third-order valence-electron chi connectivity index (χ3n) is 3.50. The van der Waals surface area contributed by atoms with Crippen molar-refractivity contribution in [2.24, 2.45) is 0 Å². The van der Waals surface area contributed by atoms with Gasteiger partial charge in [0.05, 0.1) is 18.8 Å². The van der Waals surface area contributed by atoms with E-state index in [1.165, 1.54) is 7.11 Å². The fourth-order valence-electron chi connectivity index (χ4n) is 2.14. The number of sulfonamides is 1. The van der Waals surface area contributed by atoms with Gasteiger partial charge in [-0.3, -0.25) is 0 Å². The number of ether oxygens (including phenoxy) is 1. The molecule has 10 heteroatoms. The quantitative estimate of drug-likeness (QED) is 0.740. The highest BCUT2D eigenvalue weighted by Crippen LogP contribution is 2.30. The van der Waals surface area contributed by atoms with E-state index in [1.807, 2.05) is 0 Å². The van der Waals surface area contributed by atoms with Crippen molar-refractivity contribution in [1.82, 2.24) is 4.72 Å². The van der Waals surface area contributed by atoms with Crippen molar-refractivity contribution in [2.75, 3.05) is 13.7 Å². The highest BCUT2D eigenvalue weighted by Gasteiger charge is 2.30. The number of aliphatic hydroxyl groups excluding tert-OH is 1. The van der Waals surface area contributed by atoms with Crippen LogP contribution in [0.5, 0.6) is 5.75 Å². The van der Waals surface area contributed by atoms with Gasteiger partial charge in [0.15, 0.2) is 0 Å². The Morgan fingerprint density at radius 2 is 1.77 bits per heavy atom. The number of hydrogen-bond donors (Lipinski definition) is 2. The lowest BCUT2D eigenvalue weighted by Crippen LogP contribution is -2.29. The summed E-state index contributed by atoms with van der Waals surface area (Å²) in [5.74, 6) is -0.891. The molecule has 2 aromatic rings. The van der Waals surface area contributed by atoms with Crippen LogP contribution < -0.4 is 9.46 Å². The molecule has 0 saturated heterocycles. The molecule has 0 unspecified atom stereocenters. The van der Waals surface area contributed by atoms with Crippen LogP contribution in [0, 0.1) is 5.82 Å². The molecule has 0 aliphatic heterocycles. The number of benzene rings is 2. The molecule has 0 aromatic heterocycles. The van der Waals surface area contributed by atoms with E-state index >= 15 is 0 Å². The smallest absolute Gasteiger partial charge is 0.416 e. The van der Waals surface area contributed by atoms with Crippen LogP contribution in [-0.2, 0) is 16.2 Å². The molecular weight excluding hydrogens is 378 g/mol. The Morgan fingerprint density at radius 1 is 1.15 bits per heavy atom. The Morgan fingerprint density at radius 3 is 2.31 bits per heavy atom. The van der Waals surface area contributed by atoms with Crippen LogP contribution in [-0.4, -0.2) is 27.2 Å². The maximum Gasteiger partial charge on any atom is 0.416 e. The van der Waals surface area contributed by atoms with E-state index in [9.17, 15) is 31.1 Å². The van der Waals surface area contributed by atoms with E-state index in [2.05, 4.69) is 4.72 Å². The Balaban J connectivity index is 2.13. The predicted molar refractivity (Wildman–Crippen MR) is 84.5 cm³/mol. The molecule has 2 rings (SSSR count). The summed E-state index contributed by atoms with van der Waals surface area (Å²) in [4.78, 5) is -0.459. The first-order valence-corrected chi connectivity index (χ1v) is 8.71. The van der Waals surface area contributed by atoms with Crippen molar-refractivity contribution >= 4 is 10.0 Å². The third kappa shape index (κ3) is 4.71. The largest absolute Gasteiger partial charge is 0.495 e. The highest BCUT2D eigenvalue weighted by atomic mass is 32.2. The lowest BCUT2D eigenvalue weighted by atomic mass is 10.1. The normalized spacial score (nSPS) is 13.5. The molecule has 0 aliphatic rings. The van der Waals surface area contributed by atoms with Crippen LogP contribution in [0.4, 0.5) is 17.6 Å². The van der Waals surface area contributed by atoms with E-state index in [0.717, 1.165) is 42.5 Å². The van der Waals surface area contributed by atoms with Gasteiger partial charge < -0.3 is 9.84 Å². The first-order chi connectivity index (χ1) is 12.0. The lowest BCUT2D eigenvalue weighted by Gasteiger charge is -2.15. The van der Waals surface area contributed by atoms with Gasteiger partial charge in [0.1, 0.15) is 16.5 Å². The summed E-state index contributed by atoms with van der Waals surface area (Å²) in [6, 6.07) is 6.57. The molecule has 142 valence electrons. The van der Waals surface area contributed by atoms with Crippen LogP contribution >= 0.6 is 0 Å². The second-order valence-electron chi connectivity index (χ2n) is 5.28. The predicted octanol–water partition coefficient (Wildman–Crippen LogP) is 2.87. The summed E-state index contributed by atoms with van der Waals surface area (Å²) in [7, 11) is -3.00. The molecule has 26 heavy (non-hydrogen) atoms. The Labute approximate surface area is 147 Å². The molecule has 0 heterocycles. The average molecular weight is 393 g/mol. The van der Waals surface area contributed by atoms with Gasteiger partial charge in [-0.2, -0.15) is 13.2 Å². The van der Waals surface area contributed by atoms with Gasteiger partial charge in [0, 0.05) is 6.54 Å². The molecule has 0 spiro atoms. The topological polar surface area (TPSA) is 75.6 Å². The number of rotatable bonds is 6. The standard InChI is InChI=1S/C16H15F4NO4S/c1-25-14-7-6-12(17)8-15(14)26(23,24)21-9-13(22)10-2-4-11(5-3-10)16(18,19)20/h2-8,13,21-22H,9H2,1H3/t13-/m0/s1. The van der Waals surface area contributed by atoms with E-state index < -0.39 is 45.1 Å². The van der Waals surface area contributed by atoms with Crippen molar-refractivity contribution in [3.8, 4) is 5.75 Å². The Bertz CT molecular complexity index is 867. The van der Waals surface area contributed by atoms with Crippen molar-refractivity contribution in [3.05, 3.63) is 59.4 Å². The number of methoxy groups -OCH3 is 1. The van der Waals surface area contributed by atoms with E-state index in [1.54, 1.807) is 0 Å². The van der Waals surface area contributed by atoms with Crippen LogP contribution in [0.1, 0.15) is 17.2 Å². The summed E-state index contributed by atoms with van der Waals surface area (Å²) < 4.78 is 82.4. The second-order valence-corrected chi connectivity index (χ2v) is 7.02. The molecule has 0 fully saturated rings. The molecule has 0 radical (unpaired) electrons. The average Bonchev–Trinajstić information content (AvgIpc) is 2.59. The number of hydrogen-bond acceptors (Lipinski definition) is 4. The van der Waals surface area contributed by atoms with Crippen molar-refractivity contribution in [2.45, 2.75) is 17.2 Å². The fourth-order valence-corrected chi connectivity index (χ4v) is 3.36. The molecule has 0 aliphatic carbocycles. The maximum atomic E-state index is 13.3. The van der Waals surface area contributed by atoms with E-state index in [0.29, 0.717) is 0 Å². The third-order valence-corrected chi connectivity index (χ3v) is 4.95. The highest BCUT2D eigenvalue weighted by molar-refractivity contribution is 7.89. The Hall–Kier alpha value is -2.17. The summed E-state index contributed by atoms with van der Waals surface area (Å²) in [6.07, 6.45) is -5.91.